The fraction of sp³-hybridized carbons (Fsp3) is 0.304. The summed E-state index contributed by atoms with van der Waals surface area (Å²) >= 11 is 0. The molecule has 0 spiro atoms. The molecule has 0 aliphatic heterocycles. The number of hydrogen-bond acceptors (Lipinski definition) is 3. The molecule has 2 aromatic rings. The lowest BCUT2D eigenvalue weighted by molar-refractivity contribution is -0.142. The molecular weight excluding hydrogens is 354 g/mol. The second kappa shape index (κ2) is 8.74. The van der Waals surface area contributed by atoms with E-state index in [1.165, 1.54) is 11.9 Å². The van der Waals surface area contributed by atoms with E-state index in [9.17, 15) is 14.7 Å². The molecule has 5 nitrogen and oxygen atoms in total. The summed E-state index contributed by atoms with van der Waals surface area (Å²) in [5, 5.41) is 9.46. The molecule has 3 rings (SSSR count). The Balaban J connectivity index is 1.70. The van der Waals surface area contributed by atoms with Gasteiger partial charge in [-0.15, -0.1) is 6.58 Å². The van der Waals surface area contributed by atoms with Crippen LogP contribution in [-0.4, -0.2) is 41.8 Å². The minimum atomic E-state index is -1.03. The van der Waals surface area contributed by atoms with Gasteiger partial charge >= 0.3 is 12.1 Å². The normalized spacial score (nSPS) is 13.3. The number of carbonyl (C=O) groups excluding carboxylic acids is 1. The van der Waals surface area contributed by atoms with Gasteiger partial charge in [-0.05, 0) is 41.5 Å². The molecule has 1 N–H and O–H groups in total. The van der Waals surface area contributed by atoms with Crippen LogP contribution in [0.4, 0.5) is 4.79 Å². The average Bonchev–Trinajstić information content (AvgIpc) is 3.02. The molecule has 5 heteroatoms. The predicted molar refractivity (Wildman–Crippen MR) is 108 cm³/mol. The molecule has 146 valence electrons. The van der Waals surface area contributed by atoms with E-state index < -0.39 is 18.1 Å². The predicted octanol–water partition coefficient (Wildman–Crippen LogP) is 4.68. The van der Waals surface area contributed by atoms with Crippen molar-refractivity contribution in [3.63, 3.8) is 0 Å². The molecule has 1 amide bonds. The van der Waals surface area contributed by atoms with E-state index in [1.807, 2.05) is 36.4 Å². The lowest BCUT2D eigenvalue weighted by Crippen LogP contribution is -2.43. The summed E-state index contributed by atoms with van der Waals surface area (Å²) in [5.74, 6) is -1.08. The molecule has 0 radical (unpaired) electrons. The molecule has 0 bridgehead atoms. The number of benzene rings is 2. The van der Waals surface area contributed by atoms with E-state index in [0.29, 0.717) is 19.3 Å². The Morgan fingerprint density at radius 1 is 1.14 bits per heavy atom. The molecular formula is C23H25NO4. The van der Waals surface area contributed by atoms with E-state index in [4.69, 9.17) is 4.74 Å². The van der Waals surface area contributed by atoms with E-state index in [2.05, 4.69) is 18.7 Å². The maximum atomic E-state index is 12.5. The number of ether oxygens (including phenoxy) is 1. The van der Waals surface area contributed by atoms with E-state index in [1.54, 1.807) is 6.08 Å². The van der Waals surface area contributed by atoms with Crippen molar-refractivity contribution in [3.05, 3.63) is 72.3 Å². The van der Waals surface area contributed by atoms with Gasteiger partial charge in [-0.2, -0.15) is 0 Å². The van der Waals surface area contributed by atoms with Crippen LogP contribution >= 0.6 is 0 Å². The van der Waals surface area contributed by atoms with E-state index >= 15 is 0 Å². The number of unbranched alkanes of at least 4 members (excludes halogenated alkanes) is 1. The Labute approximate surface area is 165 Å². The summed E-state index contributed by atoms with van der Waals surface area (Å²) in [4.78, 5) is 25.3. The first kappa shape index (κ1) is 19.7. The van der Waals surface area contributed by atoms with Gasteiger partial charge in [-0.1, -0.05) is 54.6 Å². The molecule has 0 saturated heterocycles. The molecule has 0 saturated carbocycles. The summed E-state index contributed by atoms with van der Waals surface area (Å²) in [7, 11) is 1.48. The Morgan fingerprint density at radius 2 is 1.71 bits per heavy atom. The van der Waals surface area contributed by atoms with Crippen LogP contribution in [0.5, 0.6) is 0 Å². The zero-order valence-electron chi connectivity index (χ0n) is 16.0. The summed E-state index contributed by atoms with van der Waals surface area (Å²) < 4.78 is 5.54. The molecule has 28 heavy (non-hydrogen) atoms. The molecule has 0 fully saturated rings. The van der Waals surface area contributed by atoms with Crippen LogP contribution in [0.15, 0.2) is 61.2 Å². The standard InChI is InChI=1S/C23H25NO4/c1-3-4-5-14-21(22(25)26)24(2)23(27)28-15-20-18-12-8-6-10-16(18)17-11-7-9-13-19(17)20/h3,6-13,20-21H,1,4-5,14-15H2,2H3,(H,25,26)/t21-/m1/s1. The highest BCUT2D eigenvalue weighted by molar-refractivity contribution is 5.81. The van der Waals surface area contributed by atoms with E-state index in [0.717, 1.165) is 22.3 Å². The van der Waals surface area contributed by atoms with Crippen LogP contribution in [0.1, 0.15) is 36.3 Å². The highest BCUT2D eigenvalue weighted by Crippen LogP contribution is 2.44. The Kier molecular flexibility index (Phi) is 6.14. The lowest BCUT2D eigenvalue weighted by atomic mass is 9.98. The van der Waals surface area contributed by atoms with Crippen molar-refractivity contribution >= 4 is 12.1 Å². The van der Waals surface area contributed by atoms with Gasteiger partial charge in [-0.3, -0.25) is 4.90 Å². The van der Waals surface area contributed by atoms with Gasteiger partial charge in [0.15, 0.2) is 0 Å². The van der Waals surface area contributed by atoms with Crippen molar-refractivity contribution in [1.29, 1.82) is 0 Å². The Morgan fingerprint density at radius 3 is 2.25 bits per heavy atom. The maximum Gasteiger partial charge on any atom is 0.410 e. The SMILES string of the molecule is C=CCCC[C@H](C(=O)O)N(C)C(=O)OCC1c2ccccc2-c2ccccc21. The zero-order chi connectivity index (χ0) is 20.1. The number of amides is 1. The first-order chi connectivity index (χ1) is 13.5. The molecule has 1 atom stereocenters. The number of hydrogen-bond donors (Lipinski definition) is 1. The van der Waals surface area contributed by atoms with Crippen LogP contribution < -0.4 is 0 Å². The number of aliphatic carboxylic acids is 1. The van der Waals surface area contributed by atoms with Crippen molar-refractivity contribution in [3.8, 4) is 11.1 Å². The summed E-state index contributed by atoms with van der Waals surface area (Å²) in [6.45, 7) is 3.82. The number of carboxylic acid groups (broad SMARTS) is 1. The maximum absolute atomic E-state index is 12.5. The fourth-order valence-electron chi connectivity index (χ4n) is 3.76. The number of carboxylic acids is 1. The monoisotopic (exact) mass is 379 g/mol. The molecule has 2 aromatic carbocycles. The number of fused-ring (bicyclic) bond motifs is 3. The number of allylic oxidation sites excluding steroid dienone is 1. The van der Waals surface area contributed by atoms with Crippen molar-refractivity contribution in [2.24, 2.45) is 0 Å². The van der Waals surface area contributed by atoms with Gasteiger partial charge in [-0.25, -0.2) is 9.59 Å². The summed E-state index contributed by atoms with van der Waals surface area (Å²) in [6, 6.07) is 15.3. The molecule has 0 heterocycles. The minimum Gasteiger partial charge on any atom is -0.480 e. The number of likely N-dealkylation sites (N-methyl/N-ethyl adjacent to an activating group) is 1. The third-order valence-electron chi connectivity index (χ3n) is 5.26. The lowest BCUT2D eigenvalue weighted by Gasteiger charge is -2.25. The van der Waals surface area contributed by atoms with Crippen molar-refractivity contribution in [1.82, 2.24) is 4.90 Å². The minimum absolute atomic E-state index is 0.0474. The third-order valence-corrected chi connectivity index (χ3v) is 5.26. The average molecular weight is 379 g/mol. The van der Waals surface area contributed by atoms with Gasteiger partial charge in [0, 0.05) is 13.0 Å². The highest BCUT2D eigenvalue weighted by atomic mass is 16.6. The number of rotatable bonds is 8. The van der Waals surface area contributed by atoms with Crippen molar-refractivity contribution in [2.75, 3.05) is 13.7 Å². The first-order valence-corrected chi connectivity index (χ1v) is 9.46. The van der Waals surface area contributed by atoms with Gasteiger partial charge in [0.25, 0.3) is 0 Å². The zero-order valence-corrected chi connectivity index (χ0v) is 16.0. The van der Waals surface area contributed by atoms with Gasteiger partial charge < -0.3 is 9.84 Å². The van der Waals surface area contributed by atoms with Crippen LogP contribution in [0.25, 0.3) is 11.1 Å². The van der Waals surface area contributed by atoms with Crippen LogP contribution in [0.3, 0.4) is 0 Å². The van der Waals surface area contributed by atoms with Gasteiger partial charge in [0.2, 0.25) is 0 Å². The first-order valence-electron chi connectivity index (χ1n) is 9.46. The van der Waals surface area contributed by atoms with Crippen LogP contribution in [-0.2, 0) is 9.53 Å². The largest absolute Gasteiger partial charge is 0.480 e. The molecule has 1 aliphatic rings. The summed E-state index contributed by atoms with van der Waals surface area (Å²) in [6.07, 6.45) is 2.85. The Bertz CT molecular complexity index is 831. The Hall–Kier alpha value is -3.08. The second-order valence-electron chi connectivity index (χ2n) is 6.99. The topological polar surface area (TPSA) is 66.8 Å². The van der Waals surface area contributed by atoms with Crippen LogP contribution in [0, 0.1) is 0 Å². The van der Waals surface area contributed by atoms with Crippen molar-refractivity contribution in [2.45, 2.75) is 31.2 Å². The van der Waals surface area contributed by atoms with Gasteiger partial charge in [0.1, 0.15) is 12.6 Å². The quantitative estimate of drug-likeness (QED) is 0.534. The number of carbonyl (C=O) groups is 2. The molecule has 0 unspecified atom stereocenters. The van der Waals surface area contributed by atoms with Crippen LogP contribution in [0.2, 0.25) is 0 Å². The third kappa shape index (κ3) is 3.93. The smallest absolute Gasteiger partial charge is 0.410 e. The molecule has 0 aromatic heterocycles. The second-order valence-corrected chi connectivity index (χ2v) is 6.99. The van der Waals surface area contributed by atoms with Gasteiger partial charge in [0.05, 0.1) is 0 Å². The molecule has 1 aliphatic carbocycles. The summed E-state index contributed by atoms with van der Waals surface area (Å²) in [5.41, 5.74) is 4.56. The van der Waals surface area contributed by atoms with E-state index in [-0.39, 0.29) is 12.5 Å². The highest BCUT2D eigenvalue weighted by Gasteiger charge is 2.31. The fourth-order valence-corrected chi connectivity index (χ4v) is 3.76. The number of nitrogens with zero attached hydrogens (tertiary/aromatic N) is 1. The van der Waals surface area contributed by atoms with Crippen molar-refractivity contribution < 1.29 is 19.4 Å².